The number of rotatable bonds is 5. The molecule has 0 aliphatic carbocycles. The summed E-state index contributed by atoms with van der Waals surface area (Å²) in [4.78, 5) is 16.8. The summed E-state index contributed by atoms with van der Waals surface area (Å²) in [5, 5.41) is 11.4. The molecule has 2 aromatic carbocycles. The maximum absolute atomic E-state index is 12.2. The van der Waals surface area contributed by atoms with Crippen molar-refractivity contribution >= 4 is 46.5 Å². The van der Waals surface area contributed by atoms with Crippen molar-refractivity contribution in [2.24, 2.45) is 10.2 Å². The summed E-state index contributed by atoms with van der Waals surface area (Å²) in [5.74, 6) is -0.161. The molecule has 3 rings (SSSR count). The zero-order valence-corrected chi connectivity index (χ0v) is 17.2. The van der Waals surface area contributed by atoms with Crippen LogP contribution in [0.1, 0.15) is 11.1 Å². The van der Waals surface area contributed by atoms with Gasteiger partial charge in [-0.25, -0.2) is 0 Å². The van der Waals surface area contributed by atoms with Crippen molar-refractivity contribution < 1.29 is 4.79 Å². The average Bonchev–Trinajstić information content (AvgIpc) is 3.02. The molecule has 1 N–H and O–H groups in total. The standard InChI is InChI=1S/C21H23N5OS/c1-25(2)17-9-5-15(6-10-17)13-19-20(27)23-21(28-19)24-22-14-16-7-11-18(12-8-16)26(3)4/h5-14H,1-4H3,(H,23,24,27)/b19-13+,22-14-. The molecule has 1 heterocycles. The lowest BCUT2D eigenvalue weighted by atomic mass is 10.2. The number of hydrogen-bond acceptors (Lipinski definition) is 6. The SMILES string of the molecule is CN(C)c1ccc(/C=N\N=C2/NC(=O)/C(=C\c3ccc(N(C)C)cc3)S2)cc1. The zero-order valence-electron chi connectivity index (χ0n) is 16.4. The van der Waals surface area contributed by atoms with E-state index in [0.717, 1.165) is 22.5 Å². The number of thioether (sulfide) groups is 1. The fourth-order valence-corrected chi connectivity index (χ4v) is 3.28. The molecule has 1 amide bonds. The summed E-state index contributed by atoms with van der Waals surface area (Å²) < 4.78 is 0. The predicted octanol–water partition coefficient (Wildman–Crippen LogP) is 3.41. The fraction of sp³-hybridized carbons (Fsp3) is 0.190. The summed E-state index contributed by atoms with van der Waals surface area (Å²) >= 11 is 1.29. The third-order valence-corrected chi connectivity index (χ3v) is 5.02. The first kappa shape index (κ1) is 19.7. The Hall–Kier alpha value is -3.06. The first-order chi connectivity index (χ1) is 13.4. The van der Waals surface area contributed by atoms with Crippen LogP contribution >= 0.6 is 11.8 Å². The molecule has 0 saturated carbocycles. The number of nitrogens with zero attached hydrogens (tertiary/aromatic N) is 4. The molecule has 144 valence electrons. The number of amidine groups is 1. The van der Waals surface area contributed by atoms with Crippen LogP contribution in [0.2, 0.25) is 0 Å². The maximum atomic E-state index is 12.2. The third-order valence-electron chi connectivity index (χ3n) is 4.12. The number of carbonyl (C=O) groups excluding carboxylic acids is 1. The first-order valence-corrected chi connectivity index (χ1v) is 9.61. The fourth-order valence-electron chi connectivity index (χ4n) is 2.50. The molecular weight excluding hydrogens is 370 g/mol. The molecule has 1 fully saturated rings. The number of amides is 1. The second kappa shape index (κ2) is 8.75. The molecule has 28 heavy (non-hydrogen) atoms. The van der Waals surface area contributed by atoms with Crippen molar-refractivity contribution in [1.82, 2.24) is 5.32 Å². The quantitative estimate of drug-likeness (QED) is 0.480. The molecule has 0 bridgehead atoms. The van der Waals surface area contributed by atoms with Gasteiger partial charge in [-0.1, -0.05) is 24.3 Å². The van der Waals surface area contributed by atoms with Crippen molar-refractivity contribution in [1.29, 1.82) is 0 Å². The largest absolute Gasteiger partial charge is 0.378 e. The Morgan fingerprint density at radius 2 is 1.39 bits per heavy atom. The highest BCUT2D eigenvalue weighted by atomic mass is 32.2. The number of hydrogen-bond donors (Lipinski definition) is 1. The third kappa shape index (κ3) is 5.01. The molecule has 2 aromatic rings. The van der Waals surface area contributed by atoms with Crippen LogP contribution in [0.3, 0.4) is 0 Å². The summed E-state index contributed by atoms with van der Waals surface area (Å²) in [7, 11) is 7.98. The molecule has 1 saturated heterocycles. The van der Waals surface area contributed by atoms with E-state index >= 15 is 0 Å². The van der Waals surface area contributed by atoms with Gasteiger partial charge in [0.1, 0.15) is 0 Å². The molecule has 1 aliphatic heterocycles. The minimum Gasteiger partial charge on any atom is -0.378 e. The molecule has 0 unspecified atom stereocenters. The predicted molar refractivity (Wildman–Crippen MR) is 120 cm³/mol. The minimum atomic E-state index is -0.161. The van der Waals surface area contributed by atoms with E-state index in [1.807, 2.05) is 92.6 Å². The van der Waals surface area contributed by atoms with Gasteiger partial charge < -0.3 is 9.80 Å². The van der Waals surface area contributed by atoms with E-state index in [9.17, 15) is 4.79 Å². The molecular formula is C21H23N5OS. The van der Waals surface area contributed by atoms with Gasteiger partial charge in [-0.3, -0.25) is 10.1 Å². The summed E-state index contributed by atoms with van der Waals surface area (Å²) in [6.45, 7) is 0. The minimum absolute atomic E-state index is 0.161. The highest BCUT2D eigenvalue weighted by molar-refractivity contribution is 8.18. The van der Waals surface area contributed by atoms with E-state index in [4.69, 9.17) is 0 Å². The normalized spacial score (nSPS) is 16.8. The number of anilines is 2. The Bertz CT molecular complexity index is 928. The van der Waals surface area contributed by atoms with E-state index in [1.54, 1.807) is 6.21 Å². The lowest BCUT2D eigenvalue weighted by Crippen LogP contribution is -2.19. The molecule has 0 radical (unpaired) electrons. The van der Waals surface area contributed by atoms with E-state index in [2.05, 4.69) is 15.5 Å². The topological polar surface area (TPSA) is 60.3 Å². The average molecular weight is 394 g/mol. The van der Waals surface area contributed by atoms with E-state index < -0.39 is 0 Å². The van der Waals surface area contributed by atoms with Gasteiger partial charge in [0.25, 0.3) is 5.91 Å². The number of benzene rings is 2. The van der Waals surface area contributed by atoms with Gasteiger partial charge in [-0.05, 0) is 53.2 Å². The van der Waals surface area contributed by atoms with E-state index in [-0.39, 0.29) is 5.91 Å². The van der Waals surface area contributed by atoms with Gasteiger partial charge >= 0.3 is 0 Å². The first-order valence-electron chi connectivity index (χ1n) is 8.79. The van der Waals surface area contributed by atoms with Crippen LogP contribution < -0.4 is 15.1 Å². The zero-order chi connectivity index (χ0) is 20.1. The van der Waals surface area contributed by atoms with Gasteiger partial charge in [0.15, 0.2) is 5.17 Å². The molecule has 0 aromatic heterocycles. The summed E-state index contributed by atoms with van der Waals surface area (Å²) in [6, 6.07) is 16.0. The monoisotopic (exact) mass is 393 g/mol. The van der Waals surface area contributed by atoms with Crippen LogP contribution in [0.4, 0.5) is 11.4 Å². The Balaban J connectivity index is 1.66. The van der Waals surface area contributed by atoms with Gasteiger partial charge in [0.2, 0.25) is 0 Å². The highest BCUT2D eigenvalue weighted by Crippen LogP contribution is 2.26. The molecule has 0 atom stereocenters. The second-order valence-electron chi connectivity index (χ2n) is 6.69. The lowest BCUT2D eigenvalue weighted by Gasteiger charge is -2.11. The smallest absolute Gasteiger partial charge is 0.264 e. The lowest BCUT2D eigenvalue weighted by molar-refractivity contribution is -0.115. The highest BCUT2D eigenvalue weighted by Gasteiger charge is 2.23. The summed E-state index contributed by atoms with van der Waals surface area (Å²) in [6.07, 6.45) is 3.52. The molecule has 1 aliphatic rings. The van der Waals surface area contributed by atoms with Crippen LogP contribution in [-0.4, -0.2) is 45.5 Å². The molecule has 7 heteroatoms. The van der Waals surface area contributed by atoms with Crippen LogP contribution in [0.5, 0.6) is 0 Å². The van der Waals surface area contributed by atoms with Crippen molar-refractivity contribution in [3.63, 3.8) is 0 Å². The number of carbonyl (C=O) groups is 1. The van der Waals surface area contributed by atoms with Gasteiger partial charge in [0.05, 0.1) is 11.1 Å². The number of nitrogens with one attached hydrogen (secondary N) is 1. The Morgan fingerprint density at radius 3 is 1.93 bits per heavy atom. The molecule has 6 nitrogen and oxygen atoms in total. The Labute approximate surface area is 169 Å². The van der Waals surface area contributed by atoms with Crippen LogP contribution in [-0.2, 0) is 4.79 Å². The van der Waals surface area contributed by atoms with Crippen LogP contribution in [0.25, 0.3) is 6.08 Å². The van der Waals surface area contributed by atoms with E-state index in [0.29, 0.717) is 10.1 Å². The van der Waals surface area contributed by atoms with Crippen LogP contribution in [0, 0.1) is 0 Å². The Morgan fingerprint density at radius 1 is 0.857 bits per heavy atom. The second-order valence-corrected chi connectivity index (χ2v) is 7.72. The van der Waals surface area contributed by atoms with Crippen molar-refractivity contribution in [2.45, 2.75) is 0 Å². The van der Waals surface area contributed by atoms with Gasteiger partial charge in [-0.2, -0.15) is 5.10 Å². The van der Waals surface area contributed by atoms with Gasteiger partial charge in [0, 0.05) is 39.6 Å². The van der Waals surface area contributed by atoms with Crippen molar-refractivity contribution in [3.05, 3.63) is 64.6 Å². The van der Waals surface area contributed by atoms with Crippen molar-refractivity contribution in [3.8, 4) is 0 Å². The van der Waals surface area contributed by atoms with Crippen LogP contribution in [0.15, 0.2) is 63.6 Å². The summed E-state index contributed by atoms with van der Waals surface area (Å²) in [5.41, 5.74) is 4.14. The van der Waals surface area contributed by atoms with E-state index in [1.165, 1.54) is 11.8 Å². The van der Waals surface area contributed by atoms with Gasteiger partial charge in [-0.15, -0.1) is 5.10 Å². The Kier molecular flexibility index (Phi) is 6.16. The maximum Gasteiger partial charge on any atom is 0.264 e. The van der Waals surface area contributed by atoms with Crippen molar-refractivity contribution in [2.75, 3.05) is 38.0 Å². The molecule has 0 spiro atoms.